The van der Waals surface area contributed by atoms with Gasteiger partial charge in [0.05, 0.1) is 40.4 Å². The molecule has 0 spiro atoms. The van der Waals surface area contributed by atoms with Crippen LogP contribution in [0.4, 0.5) is 5.69 Å². The van der Waals surface area contributed by atoms with Gasteiger partial charge in [-0.3, -0.25) is 4.79 Å². The second kappa shape index (κ2) is 9.28. The number of hydrogen-bond acceptors (Lipinski definition) is 4. The second-order valence-electron chi connectivity index (χ2n) is 6.74. The average Bonchev–Trinajstić information content (AvgIpc) is 2.73. The van der Waals surface area contributed by atoms with E-state index in [0.717, 1.165) is 43.2 Å². The van der Waals surface area contributed by atoms with Gasteiger partial charge in [-0.05, 0) is 42.0 Å². The molecule has 2 aromatic carbocycles. The van der Waals surface area contributed by atoms with Crippen LogP contribution >= 0.6 is 0 Å². The molecule has 1 fully saturated rings. The van der Waals surface area contributed by atoms with E-state index in [1.54, 1.807) is 14.2 Å². The van der Waals surface area contributed by atoms with Gasteiger partial charge in [-0.2, -0.15) is 0 Å². The van der Waals surface area contributed by atoms with Crippen molar-refractivity contribution in [1.29, 1.82) is 0 Å². The number of nitrogens with zero attached hydrogens (tertiary/aromatic N) is 1. The number of carbonyl (C=O) groups excluding carboxylic acids is 1. The molecule has 1 saturated heterocycles. The largest absolute Gasteiger partial charge is 0.497 e. The van der Waals surface area contributed by atoms with E-state index in [1.807, 2.05) is 36.4 Å². The summed E-state index contributed by atoms with van der Waals surface area (Å²) in [5.74, 6) is 1.77. The van der Waals surface area contributed by atoms with E-state index >= 15 is 0 Å². The van der Waals surface area contributed by atoms with Crippen molar-refractivity contribution >= 4 is 11.6 Å². The van der Waals surface area contributed by atoms with Crippen LogP contribution in [0.2, 0.25) is 0 Å². The molecule has 1 heterocycles. The summed E-state index contributed by atoms with van der Waals surface area (Å²) in [6.45, 7) is 4.86. The predicted molar refractivity (Wildman–Crippen MR) is 106 cm³/mol. The monoisotopic (exact) mass is 370 g/mol. The number of hydrogen-bond donors (Lipinski definition) is 2. The first kappa shape index (κ1) is 19.0. The van der Waals surface area contributed by atoms with Gasteiger partial charge in [-0.15, -0.1) is 0 Å². The van der Waals surface area contributed by atoms with Crippen molar-refractivity contribution < 1.29 is 19.2 Å². The fourth-order valence-electron chi connectivity index (χ4n) is 3.32. The molecule has 0 aliphatic carbocycles. The third kappa shape index (κ3) is 5.37. The topological polar surface area (TPSA) is 55.2 Å². The van der Waals surface area contributed by atoms with Crippen molar-refractivity contribution in [3.8, 4) is 11.5 Å². The Morgan fingerprint density at radius 2 is 1.74 bits per heavy atom. The fourth-order valence-corrected chi connectivity index (χ4v) is 3.32. The summed E-state index contributed by atoms with van der Waals surface area (Å²) in [5.41, 5.74) is 2.25. The molecule has 1 aliphatic heterocycles. The van der Waals surface area contributed by atoms with Crippen molar-refractivity contribution in [3.05, 3.63) is 54.1 Å². The lowest BCUT2D eigenvalue weighted by Crippen LogP contribution is -3.15. The zero-order valence-corrected chi connectivity index (χ0v) is 16.0. The van der Waals surface area contributed by atoms with Crippen LogP contribution in [0, 0.1) is 0 Å². The molecule has 0 radical (unpaired) electrons. The minimum absolute atomic E-state index is 0.0886. The Hall–Kier alpha value is -2.73. The number of nitrogens with one attached hydrogen (secondary N) is 2. The molecule has 144 valence electrons. The molecular formula is C21H28N3O3+. The number of piperazine rings is 1. The normalized spacial score (nSPS) is 14.7. The molecule has 0 saturated carbocycles. The van der Waals surface area contributed by atoms with Crippen LogP contribution in [0.1, 0.15) is 5.56 Å². The number of rotatable bonds is 7. The van der Waals surface area contributed by atoms with E-state index in [0.29, 0.717) is 13.1 Å². The van der Waals surface area contributed by atoms with Gasteiger partial charge in [0.2, 0.25) is 0 Å². The molecule has 6 nitrogen and oxygen atoms in total. The van der Waals surface area contributed by atoms with Gasteiger partial charge in [-0.1, -0.05) is 12.1 Å². The maximum absolute atomic E-state index is 12.3. The van der Waals surface area contributed by atoms with Crippen LogP contribution in [0.3, 0.4) is 0 Å². The first-order valence-corrected chi connectivity index (χ1v) is 9.30. The van der Waals surface area contributed by atoms with Crippen LogP contribution in [0.5, 0.6) is 11.5 Å². The van der Waals surface area contributed by atoms with Crippen molar-refractivity contribution in [3.63, 3.8) is 0 Å². The van der Waals surface area contributed by atoms with Gasteiger partial charge in [0.1, 0.15) is 11.5 Å². The zero-order chi connectivity index (χ0) is 19.1. The number of anilines is 1. The molecule has 1 amide bonds. The molecule has 3 rings (SSSR count). The number of methoxy groups -OCH3 is 2. The number of ether oxygens (including phenoxy) is 2. The van der Waals surface area contributed by atoms with Crippen LogP contribution in [0.25, 0.3) is 0 Å². The summed E-state index contributed by atoms with van der Waals surface area (Å²) >= 11 is 0. The molecule has 0 bridgehead atoms. The lowest BCUT2D eigenvalue weighted by Gasteiger charge is -2.33. The van der Waals surface area contributed by atoms with Gasteiger partial charge in [0.25, 0.3) is 5.91 Å². The van der Waals surface area contributed by atoms with E-state index in [9.17, 15) is 4.79 Å². The van der Waals surface area contributed by atoms with Gasteiger partial charge >= 0.3 is 0 Å². The highest BCUT2D eigenvalue weighted by Gasteiger charge is 2.22. The van der Waals surface area contributed by atoms with Gasteiger partial charge < -0.3 is 24.6 Å². The Balaban J connectivity index is 1.42. The summed E-state index contributed by atoms with van der Waals surface area (Å²) in [5, 5.41) is 3.01. The van der Waals surface area contributed by atoms with E-state index in [1.165, 1.54) is 10.6 Å². The van der Waals surface area contributed by atoms with E-state index in [2.05, 4.69) is 22.3 Å². The number of carbonyl (C=O) groups is 1. The highest BCUT2D eigenvalue weighted by Crippen LogP contribution is 2.19. The minimum atomic E-state index is 0.0886. The third-order valence-electron chi connectivity index (χ3n) is 4.94. The quantitative estimate of drug-likeness (QED) is 0.754. The molecular weight excluding hydrogens is 342 g/mol. The smallest absolute Gasteiger partial charge is 0.275 e. The molecule has 27 heavy (non-hydrogen) atoms. The predicted octanol–water partition coefficient (Wildman–Crippen LogP) is 0.725. The first-order chi connectivity index (χ1) is 13.2. The molecule has 2 aromatic rings. The molecule has 0 unspecified atom stereocenters. The Bertz CT molecular complexity index is 741. The minimum Gasteiger partial charge on any atom is -0.497 e. The third-order valence-corrected chi connectivity index (χ3v) is 4.94. The molecule has 1 aliphatic rings. The lowest BCUT2D eigenvalue weighted by atomic mass is 10.2. The lowest BCUT2D eigenvalue weighted by molar-refractivity contribution is -0.892. The van der Waals surface area contributed by atoms with Crippen LogP contribution in [0.15, 0.2) is 48.5 Å². The summed E-state index contributed by atoms with van der Waals surface area (Å²) in [6, 6.07) is 15.9. The second-order valence-corrected chi connectivity index (χ2v) is 6.74. The van der Waals surface area contributed by atoms with Gasteiger partial charge in [-0.25, -0.2) is 0 Å². The summed E-state index contributed by atoms with van der Waals surface area (Å²) in [4.78, 5) is 16.0. The Kier molecular flexibility index (Phi) is 6.54. The zero-order valence-electron chi connectivity index (χ0n) is 16.0. The Morgan fingerprint density at radius 3 is 2.41 bits per heavy atom. The SMILES string of the molecule is COc1ccc(N2CC[NH+](CC(=O)NCc3cccc(OC)c3)CC2)cc1. The van der Waals surface area contributed by atoms with E-state index in [4.69, 9.17) is 9.47 Å². The summed E-state index contributed by atoms with van der Waals surface area (Å²) in [7, 11) is 3.32. The molecule has 0 atom stereocenters. The highest BCUT2D eigenvalue weighted by atomic mass is 16.5. The average molecular weight is 370 g/mol. The Labute approximate surface area is 160 Å². The van der Waals surface area contributed by atoms with Crippen molar-refractivity contribution in [2.45, 2.75) is 6.54 Å². The molecule has 6 heteroatoms. The number of benzene rings is 2. The van der Waals surface area contributed by atoms with Gasteiger partial charge in [0.15, 0.2) is 6.54 Å². The van der Waals surface area contributed by atoms with Crippen LogP contribution in [-0.4, -0.2) is 52.9 Å². The summed E-state index contributed by atoms with van der Waals surface area (Å²) < 4.78 is 10.4. The highest BCUT2D eigenvalue weighted by molar-refractivity contribution is 5.76. The standard InChI is InChI=1S/C21H27N3O3/c1-26-19-8-6-18(7-9-19)24-12-10-23(11-13-24)16-21(25)22-15-17-4-3-5-20(14-17)27-2/h3-9,14H,10-13,15-16H2,1-2H3,(H,22,25)/p+1. The van der Waals surface area contributed by atoms with E-state index < -0.39 is 0 Å². The maximum Gasteiger partial charge on any atom is 0.275 e. The number of quaternary nitrogens is 1. The van der Waals surface area contributed by atoms with Gasteiger partial charge in [0, 0.05) is 12.2 Å². The van der Waals surface area contributed by atoms with Crippen LogP contribution < -0.4 is 24.6 Å². The summed E-state index contributed by atoms with van der Waals surface area (Å²) in [6.07, 6.45) is 0. The van der Waals surface area contributed by atoms with Crippen molar-refractivity contribution in [2.75, 3.05) is 51.8 Å². The molecule has 0 aromatic heterocycles. The number of amides is 1. The van der Waals surface area contributed by atoms with Crippen molar-refractivity contribution in [1.82, 2.24) is 5.32 Å². The van der Waals surface area contributed by atoms with Crippen LogP contribution in [-0.2, 0) is 11.3 Å². The molecule has 2 N–H and O–H groups in total. The van der Waals surface area contributed by atoms with Crippen molar-refractivity contribution in [2.24, 2.45) is 0 Å². The maximum atomic E-state index is 12.3. The first-order valence-electron chi connectivity index (χ1n) is 9.30. The van der Waals surface area contributed by atoms with E-state index in [-0.39, 0.29) is 5.91 Å². The Morgan fingerprint density at radius 1 is 1.04 bits per heavy atom. The fraction of sp³-hybridized carbons (Fsp3) is 0.381.